The van der Waals surface area contributed by atoms with Crippen molar-refractivity contribution in [3.05, 3.63) is 12.7 Å². The third-order valence-electron chi connectivity index (χ3n) is 0.964. The molecule has 0 bridgehead atoms. The Balaban J connectivity index is 2.98. The maximum Gasteiger partial charge on any atom is 0.0219 e. The highest BCUT2D eigenvalue weighted by Gasteiger charge is 1.88. The summed E-state index contributed by atoms with van der Waals surface area (Å²) in [4.78, 5) is 0. The number of rotatable bonds is 4. The van der Waals surface area contributed by atoms with Gasteiger partial charge in [0.05, 0.1) is 0 Å². The lowest BCUT2D eigenvalue weighted by Crippen LogP contribution is -2.29. The second kappa shape index (κ2) is 4.81. The smallest absolute Gasteiger partial charge is 0.0219 e. The van der Waals surface area contributed by atoms with Crippen LogP contribution in [0.3, 0.4) is 0 Å². The van der Waals surface area contributed by atoms with E-state index in [4.69, 9.17) is 5.73 Å². The number of nitrogens with two attached hydrogens (primary N) is 1. The minimum Gasteiger partial charge on any atom is -0.329 e. The summed E-state index contributed by atoms with van der Waals surface area (Å²) in [6.07, 6.45) is 1.86. The summed E-state index contributed by atoms with van der Waals surface area (Å²) in [6.45, 7) is 7.22. The van der Waals surface area contributed by atoms with Gasteiger partial charge in [-0.15, -0.1) is 6.58 Å². The first-order valence-corrected chi connectivity index (χ1v) is 2.87. The van der Waals surface area contributed by atoms with Crippen LogP contribution in [0.15, 0.2) is 12.7 Å². The Bertz CT molecular complexity index is 61.5. The van der Waals surface area contributed by atoms with Crippen molar-refractivity contribution in [1.29, 1.82) is 0 Å². The van der Waals surface area contributed by atoms with Gasteiger partial charge in [0.25, 0.3) is 0 Å². The molecule has 0 amide bonds. The Morgan fingerprint density at radius 1 is 1.88 bits per heavy atom. The first kappa shape index (κ1) is 7.66. The molecule has 1 unspecified atom stereocenters. The second-order valence-corrected chi connectivity index (χ2v) is 1.77. The Morgan fingerprint density at radius 2 is 2.50 bits per heavy atom. The molecule has 0 fully saturated rings. The third-order valence-corrected chi connectivity index (χ3v) is 0.964. The maximum absolute atomic E-state index is 5.23. The molecule has 1 atom stereocenters. The molecule has 48 valence electrons. The average molecular weight is 114 g/mol. The summed E-state index contributed by atoms with van der Waals surface area (Å²) in [5.74, 6) is 0. The Morgan fingerprint density at radius 3 is 2.88 bits per heavy atom. The molecule has 0 aliphatic rings. The third kappa shape index (κ3) is 3.84. The van der Waals surface area contributed by atoms with Crippen LogP contribution in [-0.2, 0) is 0 Å². The lowest BCUT2D eigenvalue weighted by Gasteiger charge is -2.05. The molecule has 0 radical (unpaired) electrons. The molecular formula is C6H14N2. The van der Waals surface area contributed by atoms with E-state index in [1.54, 1.807) is 0 Å². The van der Waals surface area contributed by atoms with Crippen molar-refractivity contribution < 1.29 is 0 Å². The van der Waals surface area contributed by atoms with Gasteiger partial charge in [-0.05, 0) is 6.92 Å². The van der Waals surface area contributed by atoms with E-state index in [1.807, 2.05) is 13.0 Å². The van der Waals surface area contributed by atoms with Crippen LogP contribution in [0.25, 0.3) is 0 Å². The van der Waals surface area contributed by atoms with Crippen molar-refractivity contribution in [1.82, 2.24) is 5.32 Å². The predicted octanol–water partition coefficient (Wildman–Crippen LogP) is 0.109. The van der Waals surface area contributed by atoms with E-state index in [0.717, 1.165) is 6.54 Å². The fourth-order valence-corrected chi connectivity index (χ4v) is 0.394. The van der Waals surface area contributed by atoms with Gasteiger partial charge >= 0.3 is 0 Å². The lowest BCUT2D eigenvalue weighted by atomic mass is 10.3. The molecule has 0 aliphatic carbocycles. The summed E-state index contributed by atoms with van der Waals surface area (Å²) in [5.41, 5.74) is 5.23. The van der Waals surface area contributed by atoms with Crippen molar-refractivity contribution in [2.45, 2.75) is 13.0 Å². The first-order chi connectivity index (χ1) is 3.81. The summed E-state index contributed by atoms with van der Waals surface area (Å²) in [6, 6.07) is 0.388. The summed E-state index contributed by atoms with van der Waals surface area (Å²) in [7, 11) is 0. The molecule has 8 heavy (non-hydrogen) atoms. The van der Waals surface area contributed by atoms with Crippen molar-refractivity contribution in [2.75, 3.05) is 13.1 Å². The number of hydrogen-bond acceptors (Lipinski definition) is 2. The molecular weight excluding hydrogens is 100 g/mol. The monoisotopic (exact) mass is 114 g/mol. The highest BCUT2D eigenvalue weighted by atomic mass is 14.9. The van der Waals surface area contributed by atoms with Crippen molar-refractivity contribution in [2.24, 2.45) is 5.73 Å². The van der Waals surface area contributed by atoms with Crippen LogP contribution in [-0.4, -0.2) is 19.1 Å². The number of nitrogens with one attached hydrogen (secondary N) is 1. The molecule has 0 aromatic carbocycles. The topological polar surface area (TPSA) is 38.0 Å². The zero-order chi connectivity index (χ0) is 6.41. The van der Waals surface area contributed by atoms with Gasteiger partial charge in [-0.1, -0.05) is 6.08 Å². The number of hydrogen-bond donors (Lipinski definition) is 2. The molecule has 0 saturated carbocycles. The van der Waals surface area contributed by atoms with E-state index >= 15 is 0 Å². The van der Waals surface area contributed by atoms with Crippen LogP contribution in [0.4, 0.5) is 0 Å². The molecule has 0 spiro atoms. The molecule has 0 rings (SSSR count). The summed E-state index contributed by atoms with van der Waals surface area (Å²) in [5, 5.41) is 3.14. The fourth-order valence-electron chi connectivity index (χ4n) is 0.394. The second-order valence-electron chi connectivity index (χ2n) is 1.77. The highest BCUT2D eigenvalue weighted by Crippen LogP contribution is 1.77. The maximum atomic E-state index is 5.23. The quantitative estimate of drug-likeness (QED) is 0.509. The van der Waals surface area contributed by atoms with Crippen LogP contribution >= 0.6 is 0 Å². The van der Waals surface area contributed by atoms with Crippen LogP contribution in [0.2, 0.25) is 0 Å². The molecule has 2 nitrogen and oxygen atoms in total. The molecule has 2 heteroatoms. The van der Waals surface area contributed by atoms with E-state index in [-0.39, 0.29) is 0 Å². The normalized spacial score (nSPS) is 13.2. The molecule has 0 aliphatic heterocycles. The van der Waals surface area contributed by atoms with Crippen LogP contribution in [0, 0.1) is 0 Å². The Labute approximate surface area is 50.8 Å². The molecule has 0 aromatic rings. The zero-order valence-corrected chi connectivity index (χ0v) is 5.35. The van der Waals surface area contributed by atoms with Gasteiger partial charge < -0.3 is 11.1 Å². The van der Waals surface area contributed by atoms with Crippen LogP contribution in [0.1, 0.15) is 6.92 Å². The fraction of sp³-hybridized carbons (Fsp3) is 0.667. The van der Waals surface area contributed by atoms with Crippen molar-refractivity contribution in [3.8, 4) is 0 Å². The van der Waals surface area contributed by atoms with E-state index in [1.165, 1.54) is 0 Å². The largest absolute Gasteiger partial charge is 0.329 e. The molecule has 0 heterocycles. The van der Waals surface area contributed by atoms with Crippen LogP contribution in [0.5, 0.6) is 0 Å². The zero-order valence-electron chi connectivity index (χ0n) is 5.35. The van der Waals surface area contributed by atoms with Gasteiger partial charge in [-0.2, -0.15) is 0 Å². The van der Waals surface area contributed by atoms with Gasteiger partial charge in [0.2, 0.25) is 0 Å². The van der Waals surface area contributed by atoms with E-state index in [0.29, 0.717) is 12.6 Å². The van der Waals surface area contributed by atoms with Gasteiger partial charge in [0.15, 0.2) is 0 Å². The summed E-state index contributed by atoms with van der Waals surface area (Å²) < 4.78 is 0. The standard InChI is InChI=1S/C6H14N2/c1-3-6(2)8-5-4-7/h3,6,8H,1,4-5,7H2,2H3. The highest BCUT2D eigenvalue weighted by molar-refractivity contribution is 4.80. The minimum absolute atomic E-state index is 0.388. The van der Waals surface area contributed by atoms with Gasteiger partial charge in [-0.25, -0.2) is 0 Å². The first-order valence-electron chi connectivity index (χ1n) is 2.87. The van der Waals surface area contributed by atoms with Gasteiger partial charge in [-0.3, -0.25) is 0 Å². The average Bonchev–Trinajstić information content (AvgIpc) is 1.83. The van der Waals surface area contributed by atoms with E-state index < -0.39 is 0 Å². The molecule has 0 saturated heterocycles. The van der Waals surface area contributed by atoms with Gasteiger partial charge in [0, 0.05) is 19.1 Å². The Kier molecular flexibility index (Phi) is 4.61. The molecule has 0 aromatic heterocycles. The lowest BCUT2D eigenvalue weighted by molar-refractivity contribution is 0.640. The Hall–Kier alpha value is -0.340. The predicted molar refractivity (Wildman–Crippen MR) is 36.7 cm³/mol. The van der Waals surface area contributed by atoms with Crippen molar-refractivity contribution >= 4 is 0 Å². The summed E-state index contributed by atoms with van der Waals surface area (Å²) >= 11 is 0. The van der Waals surface area contributed by atoms with Gasteiger partial charge in [0.1, 0.15) is 0 Å². The molecule has 3 N–H and O–H groups in total. The van der Waals surface area contributed by atoms with E-state index in [9.17, 15) is 0 Å². The van der Waals surface area contributed by atoms with Crippen molar-refractivity contribution in [3.63, 3.8) is 0 Å². The van der Waals surface area contributed by atoms with Crippen LogP contribution < -0.4 is 11.1 Å². The SMILES string of the molecule is C=CC(C)NCCN. The minimum atomic E-state index is 0.388. The van der Waals surface area contributed by atoms with E-state index in [2.05, 4.69) is 11.9 Å².